The Morgan fingerprint density at radius 2 is 2.08 bits per heavy atom. The van der Waals surface area contributed by atoms with Crippen molar-refractivity contribution >= 4 is 22.9 Å². The highest BCUT2D eigenvalue weighted by atomic mass is 35.5. The summed E-state index contributed by atoms with van der Waals surface area (Å²) in [6, 6.07) is 0. The van der Waals surface area contributed by atoms with E-state index >= 15 is 0 Å². The van der Waals surface area contributed by atoms with Crippen molar-refractivity contribution in [3.8, 4) is 0 Å². The normalized spacial score (nSPS) is 10.2. The first-order valence-electron chi connectivity index (χ1n) is 3.48. The van der Waals surface area contributed by atoms with Crippen LogP contribution < -0.4 is 10.6 Å². The lowest BCUT2D eigenvalue weighted by atomic mass is 10.8. The molecule has 0 unspecified atom stereocenters. The second kappa shape index (κ2) is 3.21. The van der Waals surface area contributed by atoms with E-state index in [2.05, 4.69) is 5.10 Å². The van der Waals surface area contributed by atoms with Crippen molar-refractivity contribution in [2.75, 3.05) is 19.0 Å². The molecule has 0 aromatic carbocycles. The number of aromatic nitrogens is 3. The van der Waals surface area contributed by atoms with Gasteiger partial charge in [0.2, 0.25) is 5.95 Å². The van der Waals surface area contributed by atoms with E-state index in [1.807, 2.05) is 0 Å². The van der Waals surface area contributed by atoms with E-state index in [-0.39, 0.29) is 0 Å². The monoisotopic (exact) mass is 204 g/mol. The van der Waals surface area contributed by atoms with Crippen molar-refractivity contribution in [3.63, 3.8) is 0 Å². The SMILES string of the molecule is CN(C)c1nn(C(=O)Cl)c(=O)n1C. The molecule has 6 nitrogen and oxygen atoms in total. The zero-order valence-corrected chi connectivity index (χ0v) is 8.24. The molecular weight excluding hydrogens is 196 g/mol. The molecule has 0 saturated carbocycles. The van der Waals surface area contributed by atoms with Gasteiger partial charge in [0.1, 0.15) is 0 Å². The molecular formula is C6H9ClN4O2. The Morgan fingerprint density at radius 1 is 1.54 bits per heavy atom. The van der Waals surface area contributed by atoms with Crippen molar-refractivity contribution in [3.05, 3.63) is 10.5 Å². The summed E-state index contributed by atoms with van der Waals surface area (Å²) in [5.41, 5.74) is -0.552. The smallest absolute Gasteiger partial charge is 0.347 e. The quantitative estimate of drug-likeness (QED) is 0.598. The lowest BCUT2D eigenvalue weighted by Gasteiger charge is -2.08. The van der Waals surface area contributed by atoms with Crippen molar-refractivity contribution in [2.45, 2.75) is 0 Å². The van der Waals surface area contributed by atoms with Crippen LogP contribution in [0.5, 0.6) is 0 Å². The number of rotatable bonds is 1. The molecule has 0 bridgehead atoms. The summed E-state index contributed by atoms with van der Waals surface area (Å²) in [4.78, 5) is 23.6. The summed E-state index contributed by atoms with van der Waals surface area (Å²) >= 11 is 5.13. The van der Waals surface area contributed by atoms with Gasteiger partial charge in [-0.15, -0.1) is 9.78 Å². The second-order valence-corrected chi connectivity index (χ2v) is 3.02. The van der Waals surface area contributed by atoms with Gasteiger partial charge < -0.3 is 4.90 Å². The molecule has 0 aliphatic rings. The summed E-state index contributed by atoms with van der Waals surface area (Å²) in [5.74, 6) is 0.374. The van der Waals surface area contributed by atoms with Gasteiger partial charge in [0.25, 0.3) is 0 Å². The summed E-state index contributed by atoms with van der Waals surface area (Å²) in [5, 5.41) is 2.81. The second-order valence-electron chi connectivity index (χ2n) is 2.70. The summed E-state index contributed by atoms with van der Waals surface area (Å²) in [6.07, 6.45) is 0. The van der Waals surface area contributed by atoms with Gasteiger partial charge in [-0.3, -0.25) is 9.36 Å². The van der Waals surface area contributed by atoms with Crippen LogP contribution in [0.4, 0.5) is 10.7 Å². The Balaban J connectivity index is 3.37. The third-order valence-electron chi connectivity index (χ3n) is 1.52. The Hall–Kier alpha value is -1.30. The highest BCUT2D eigenvalue weighted by molar-refractivity contribution is 6.63. The van der Waals surface area contributed by atoms with Gasteiger partial charge in [-0.2, -0.15) is 0 Å². The molecule has 0 atom stereocenters. The number of hydrogen-bond acceptors (Lipinski definition) is 4. The highest BCUT2D eigenvalue weighted by Crippen LogP contribution is 2.01. The largest absolute Gasteiger partial charge is 0.355 e. The van der Waals surface area contributed by atoms with Gasteiger partial charge >= 0.3 is 11.1 Å². The zero-order chi connectivity index (χ0) is 10.2. The fourth-order valence-corrected chi connectivity index (χ4v) is 1.04. The molecule has 0 radical (unpaired) electrons. The number of halogens is 1. The lowest BCUT2D eigenvalue weighted by molar-refractivity contribution is 0.258. The molecule has 0 fully saturated rings. The number of carbonyl (C=O) groups is 1. The van der Waals surface area contributed by atoms with Crippen LogP contribution in [0.2, 0.25) is 0 Å². The van der Waals surface area contributed by atoms with Gasteiger partial charge in [0.15, 0.2) is 0 Å². The van der Waals surface area contributed by atoms with Crippen molar-refractivity contribution < 1.29 is 4.79 Å². The molecule has 7 heteroatoms. The van der Waals surface area contributed by atoms with Crippen LogP contribution in [-0.2, 0) is 7.05 Å². The minimum atomic E-state index is -0.909. The lowest BCUT2D eigenvalue weighted by Crippen LogP contribution is -2.26. The van der Waals surface area contributed by atoms with Gasteiger partial charge in [0, 0.05) is 21.1 Å². The average molecular weight is 205 g/mol. The molecule has 0 aliphatic carbocycles. The molecule has 0 N–H and O–H groups in total. The van der Waals surface area contributed by atoms with E-state index < -0.39 is 11.1 Å². The Labute approximate surface area is 79.3 Å². The van der Waals surface area contributed by atoms with Crippen molar-refractivity contribution in [1.82, 2.24) is 14.3 Å². The van der Waals surface area contributed by atoms with E-state index in [0.29, 0.717) is 10.6 Å². The minimum Gasteiger partial charge on any atom is -0.347 e. The molecule has 0 spiro atoms. The maximum absolute atomic E-state index is 11.3. The van der Waals surface area contributed by atoms with Crippen LogP contribution in [0, 0.1) is 0 Å². The molecule has 13 heavy (non-hydrogen) atoms. The molecule has 1 aromatic heterocycles. The van der Waals surface area contributed by atoms with Crippen LogP contribution >= 0.6 is 11.6 Å². The topological polar surface area (TPSA) is 60.1 Å². The predicted octanol–water partition coefficient (Wildman–Crippen LogP) is -0.145. The Bertz CT molecular complexity index is 392. The van der Waals surface area contributed by atoms with Crippen molar-refractivity contribution in [2.24, 2.45) is 7.05 Å². The van der Waals surface area contributed by atoms with Crippen LogP contribution in [-0.4, -0.2) is 33.8 Å². The van der Waals surface area contributed by atoms with E-state index in [4.69, 9.17) is 11.6 Å². The first-order chi connectivity index (χ1) is 5.95. The molecule has 1 rings (SSSR count). The standard InChI is InChI=1S/C6H9ClN4O2/c1-9(2)5-8-11(4(7)12)6(13)10(5)3/h1-3H3. The van der Waals surface area contributed by atoms with Gasteiger partial charge in [-0.05, 0) is 11.6 Å². The molecule has 72 valence electrons. The third-order valence-corrected chi connectivity index (χ3v) is 1.68. The zero-order valence-electron chi connectivity index (χ0n) is 7.48. The summed E-state index contributed by atoms with van der Waals surface area (Å²) in [6.45, 7) is 0. The minimum absolute atomic E-state index is 0.374. The van der Waals surface area contributed by atoms with Gasteiger partial charge in [0.05, 0.1) is 0 Å². The summed E-state index contributed by atoms with van der Waals surface area (Å²) < 4.78 is 1.84. The van der Waals surface area contributed by atoms with Crippen LogP contribution in [0.1, 0.15) is 0 Å². The maximum Gasteiger partial charge on any atom is 0.355 e. The van der Waals surface area contributed by atoms with E-state index in [9.17, 15) is 9.59 Å². The average Bonchev–Trinajstić information content (AvgIpc) is 2.29. The Morgan fingerprint density at radius 3 is 2.31 bits per heavy atom. The van der Waals surface area contributed by atoms with E-state index in [1.165, 1.54) is 11.6 Å². The fraction of sp³-hybridized carbons (Fsp3) is 0.500. The van der Waals surface area contributed by atoms with Crippen LogP contribution in [0.3, 0.4) is 0 Å². The number of carbonyl (C=O) groups excluding carboxylic acids is 1. The molecule has 0 aliphatic heterocycles. The molecule has 0 amide bonds. The number of anilines is 1. The van der Waals surface area contributed by atoms with Crippen LogP contribution in [0.25, 0.3) is 0 Å². The van der Waals surface area contributed by atoms with Crippen LogP contribution in [0.15, 0.2) is 4.79 Å². The van der Waals surface area contributed by atoms with Gasteiger partial charge in [-0.1, -0.05) is 0 Å². The molecule has 1 aromatic rings. The van der Waals surface area contributed by atoms with E-state index in [1.54, 1.807) is 19.0 Å². The van der Waals surface area contributed by atoms with Crippen molar-refractivity contribution in [1.29, 1.82) is 0 Å². The predicted molar refractivity (Wildman–Crippen MR) is 48.4 cm³/mol. The number of hydrogen-bond donors (Lipinski definition) is 0. The third kappa shape index (κ3) is 1.57. The molecule has 1 heterocycles. The molecule has 0 saturated heterocycles. The summed E-state index contributed by atoms with van der Waals surface area (Å²) in [7, 11) is 4.94. The fourth-order valence-electron chi connectivity index (χ4n) is 0.931. The number of nitrogens with zero attached hydrogens (tertiary/aromatic N) is 4. The Kier molecular flexibility index (Phi) is 2.42. The highest BCUT2D eigenvalue weighted by Gasteiger charge is 2.14. The first kappa shape index (κ1) is 9.79. The van der Waals surface area contributed by atoms with Gasteiger partial charge in [-0.25, -0.2) is 4.79 Å². The van der Waals surface area contributed by atoms with E-state index in [0.717, 1.165) is 0 Å². The first-order valence-corrected chi connectivity index (χ1v) is 3.86. The maximum atomic E-state index is 11.3.